The van der Waals surface area contributed by atoms with E-state index in [0.29, 0.717) is 6.54 Å². The van der Waals surface area contributed by atoms with E-state index in [1.165, 1.54) is 12.1 Å². The fourth-order valence-electron chi connectivity index (χ4n) is 1.80. The molecule has 1 aliphatic rings. The zero-order chi connectivity index (χ0) is 11.9. The minimum absolute atomic E-state index is 0.0792. The monoisotopic (exact) mass is 219 g/mol. The highest BCUT2D eigenvalue weighted by atomic mass is 16.4. The molecule has 16 heavy (non-hydrogen) atoms. The van der Waals surface area contributed by atoms with E-state index < -0.39 is 5.97 Å². The van der Waals surface area contributed by atoms with Crippen LogP contribution < -0.4 is 4.90 Å². The van der Waals surface area contributed by atoms with Crippen LogP contribution in [0.5, 0.6) is 0 Å². The molecule has 4 heteroatoms. The topological polar surface area (TPSA) is 57.6 Å². The zero-order valence-corrected chi connectivity index (χ0v) is 9.23. The summed E-state index contributed by atoms with van der Waals surface area (Å²) < 4.78 is 0. The molecule has 0 atom stereocenters. The summed E-state index contributed by atoms with van der Waals surface area (Å²) in [5.74, 6) is -0.877. The minimum atomic E-state index is -0.957. The predicted octanol–water partition coefficient (Wildman–Crippen LogP) is 1.76. The van der Waals surface area contributed by atoms with E-state index in [-0.39, 0.29) is 16.9 Å². The summed E-state index contributed by atoms with van der Waals surface area (Å²) in [6, 6.07) is 6.35. The number of nitrogens with zero attached hydrogens (tertiary/aromatic N) is 1. The van der Waals surface area contributed by atoms with Crippen LogP contribution in [0.3, 0.4) is 0 Å². The second-order valence-corrected chi connectivity index (χ2v) is 4.63. The second kappa shape index (κ2) is 3.33. The Kier molecular flexibility index (Phi) is 2.22. The summed E-state index contributed by atoms with van der Waals surface area (Å²) in [4.78, 5) is 24.0. The number of benzene rings is 1. The largest absolute Gasteiger partial charge is 0.478 e. The van der Waals surface area contributed by atoms with E-state index in [2.05, 4.69) is 0 Å². The average molecular weight is 219 g/mol. The number of aromatic carboxylic acids is 1. The van der Waals surface area contributed by atoms with Crippen LogP contribution in [0.1, 0.15) is 24.2 Å². The molecule has 0 spiro atoms. The number of hydrogen-bond acceptors (Lipinski definition) is 2. The molecule has 1 aromatic rings. The minimum Gasteiger partial charge on any atom is -0.478 e. The van der Waals surface area contributed by atoms with Gasteiger partial charge in [0.2, 0.25) is 5.91 Å². The molecule has 0 aliphatic carbocycles. The fourth-order valence-corrected chi connectivity index (χ4v) is 1.80. The Hall–Kier alpha value is -1.84. The number of anilines is 1. The maximum Gasteiger partial charge on any atom is 0.335 e. The van der Waals surface area contributed by atoms with Crippen molar-refractivity contribution < 1.29 is 14.7 Å². The van der Waals surface area contributed by atoms with Gasteiger partial charge in [0.1, 0.15) is 0 Å². The Balaban J connectivity index is 2.19. The Bertz CT molecular complexity index is 448. The van der Waals surface area contributed by atoms with E-state index in [0.717, 1.165) is 5.69 Å². The van der Waals surface area contributed by atoms with Gasteiger partial charge in [-0.2, -0.15) is 0 Å². The molecule has 4 nitrogen and oxygen atoms in total. The van der Waals surface area contributed by atoms with Gasteiger partial charge in [-0.1, -0.05) is 0 Å². The number of rotatable bonds is 2. The van der Waals surface area contributed by atoms with Gasteiger partial charge in [-0.05, 0) is 38.1 Å². The van der Waals surface area contributed by atoms with Crippen LogP contribution in [0.4, 0.5) is 5.69 Å². The van der Waals surface area contributed by atoms with Gasteiger partial charge in [-0.15, -0.1) is 0 Å². The Morgan fingerprint density at radius 2 is 1.88 bits per heavy atom. The summed E-state index contributed by atoms with van der Waals surface area (Å²) >= 11 is 0. The lowest BCUT2D eigenvalue weighted by molar-refractivity contribution is -0.132. The molecule has 0 bridgehead atoms. The molecule has 1 aliphatic heterocycles. The maximum absolute atomic E-state index is 11.7. The van der Waals surface area contributed by atoms with Crippen molar-refractivity contribution in [1.29, 1.82) is 0 Å². The van der Waals surface area contributed by atoms with Crippen molar-refractivity contribution in [2.45, 2.75) is 13.8 Å². The van der Waals surface area contributed by atoms with Gasteiger partial charge >= 0.3 is 5.97 Å². The maximum atomic E-state index is 11.7. The highest BCUT2D eigenvalue weighted by molar-refractivity contribution is 6.04. The van der Waals surface area contributed by atoms with Crippen molar-refractivity contribution in [3.8, 4) is 0 Å². The first-order chi connectivity index (χ1) is 7.42. The lowest BCUT2D eigenvalue weighted by Crippen LogP contribution is -2.58. The van der Waals surface area contributed by atoms with Gasteiger partial charge in [-0.25, -0.2) is 4.79 Å². The van der Waals surface area contributed by atoms with Gasteiger partial charge in [0, 0.05) is 12.2 Å². The van der Waals surface area contributed by atoms with Crippen LogP contribution >= 0.6 is 0 Å². The van der Waals surface area contributed by atoms with Crippen LogP contribution in [0.15, 0.2) is 24.3 Å². The van der Waals surface area contributed by atoms with E-state index >= 15 is 0 Å². The Labute approximate surface area is 93.5 Å². The number of carboxylic acid groups (broad SMARTS) is 1. The summed E-state index contributed by atoms with van der Waals surface area (Å²) in [7, 11) is 0. The second-order valence-electron chi connectivity index (χ2n) is 4.63. The van der Waals surface area contributed by atoms with E-state index in [4.69, 9.17) is 5.11 Å². The predicted molar refractivity (Wildman–Crippen MR) is 59.5 cm³/mol. The summed E-state index contributed by atoms with van der Waals surface area (Å²) in [5.41, 5.74) is 0.705. The van der Waals surface area contributed by atoms with Gasteiger partial charge < -0.3 is 10.0 Å². The highest BCUT2D eigenvalue weighted by Crippen LogP contribution is 2.34. The first-order valence-electron chi connectivity index (χ1n) is 5.07. The fraction of sp³-hybridized carbons (Fsp3) is 0.333. The van der Waals surface area contributed by atoms with Crippen LogP contribution in [0.25, 0.3) is 0 Å². The standard InChI is InChI=1S/C12H13NO3/c1-12(2)7-13(11(12)16)9-5-3-8(4-6-9)10(14)15/h3-6H,7H2,1-2H3,(H,14,15). The molecule has 0 unspecified atom stereocenters. The number of carboxylic acids is 1. The first kappa shape index (κ1) is 10.7. The third-order valence-electron chi connectivity index (χ3n) is 2.80. The number of carbonyl (C=O) groups excluding carboxylic acids is 1. The summed E-state index contributed by atoms with van der Waals surface area (Å²) in [6.45, 7) is 4.48. The van der Waals surface area contributed by atoms with Crippen molar-refractivity contribution in [2.75, 3.05) is 11.4 Å². The van der Waals surface area contributed by atoms with E-state index in [1.807, 2.05) is 13.8 Å². The molecule has 0 aromatic heterocycles. The van der Waals surface area contributed by atoms with Crippen molar-refractivity contribution in [3.05, 3.63) is 29.8 Å². The first-order valence-corrected chi connectivity index (χ1v) is 5.07. The molecule has 0 radical (unpaired) electrons. The van der Waals surface area contributed by atoms with Crippen LogP contribution in [0.2, 0.25) is 0 Å². The molecule has 1 heterocycles. The number of amides is 1. The molecule has 84 valence electrons. The molecule has 1 aromatic carbocycles. The molecule has 1 saturated heterocycles. The van der Waals surface area contributed by atoms with Crippen molar-refractivity contribution in [2.24, 2.45) is 5.41 Å². The molecule has 1 N–H and O–H groups in total. The lowest BCUT2D eigenvalue weighted by atomic mass is 9.82. The number of β-lactam (4-membered cyclic amide) rings is 1. The van der Waals surface area contributed by atoms with E-state index in [1.54, 1.807) is 17.0 Å². The zero-order valence-electron chi connectivity index (χ0n) is 9.23. The summed E-state index contributed by atoms with van der Waals surface area (Å²) in [5, 5.41) is 8.74. The quantitative estimate of drug-likeness (QED) is 0.771. The molecule has 0 saturated carbocycles. The SMILES string of the molecule is CC1(C)CN(c2ccc(C(=O)O)cc2)C1=O. The molecular weight excluding hydrogens is 206 g/mol. The van der Waals surface area contributed by atoms with Gasteiger partial charge in [0.25, 0.3) is 0 Å². The smallest absolute Gasteiger partial charge is 0.335 e. The van der Waals surface area contributed by atoms with Crippen LogP contribution in [0, 0.1) is 5.41 Å². The summed E-state index contributed by atoms with van der Waals surface area (Å²) in [6.07, 6.45) is 0. The molecule has 1 fully saturated rings. The molecular formula is C12H13NO3. The van der Waals surface area contributed by atoms with Crippen molar-refractivity contribution in [1.82, 2.24) is 0 Å². The van der Waals surface area contributed by atoms with Gasteiger partial charge in [0.15, 0.2) is 0 Å². The highest BCUT2D eigenvalue weighted by Gasteiger charge is 2.44. The van der Waals surface area contributed by atoms with E-state index in [9.17, 15) is 9.59 Å². The normalized spacial score (nSPS) is 18.1. The van der Waals surface area contributed by atoms with Gasteiger partial charge in [-0.3, -0.25) is 4.79 Å². The number of carbonyl (C=O) groups is 2. The lowest BCUT2D eigenvalue weighted by Gasteiger charge is -2.44. The number of hydrogen-bond donors (Lipinski definition) is 1. The van der Waals surface area contributed by atoms with Crippen LogP contribution in [-0.2, 0) is 4.79 Å². The average Bonchev–Trinajstić information content (AvgIpc) is 2.26. The molecule has 1 amide bonds. The molecule has 2 rings (SSSR count). The third kappa shape index (κ3) is 1.56. The third-order valence-corrected chi connectivity index (χ3v) is 2.80. The Morgan fingerprint density at radius 3 is 2.25 bits per heavy atom. The van der Waals surface area contributed by atoms with Crippen molar-refractivity contribution in [3.63, 3.8) is 0 Å². The van der Waals surface area contributed by atoms with Crippen molar-refractivity contribution >= 4 is 17.6 Å². The Morgan fingerprint density at radius 1 is 1.31 bits per heavy atom. The van der Waals surface area contributed by atoms with Gasteiger partial charge in [0.05, 0.1) is 11.0 Å². The van der Waals surface area contributed by atoms with Crippen LogP contribution in [-0.4, -0.2) is 23.5 Å².